The first-order valence-corrected chi connectivity index (χ1v) is 12.7. The summed E-state index contributed by atoms with van der Waals surface area (Å²) in [6.07, 6.45) is 4.84. The van der Waals surface area contributed by atoms with Gasteiger partial charge in [0.1, 0.15) is 5.82 Å². The quantitative estimate of drug-likeness (QED) is 0.600. The first kappa shape index (κ1) is 23.2. The minimum atomic E-state index is -0.273. The number of hydrogen-bond acceptors (Lipinski definition) is 5. The van der Waals surface area contributed by atoms with Crippen LogP contribution in [0.3, 0.4) is 0 Å². The van der Waals surface area contributed by atoms with E-state index in [1.54, 1.807) is 12.1 Å². The van der Waals surface area contributed by atoms with Gasteiger partial charge in [-0.05, 0) is 75.4 Å². The maximum absolute atomic E-state index is 13.6. The third-order valence-electron chi connectivity index (χ3n) is 6.41. The number of piperidine rings is 2. The Kier molecular flexibility index (Phi) is 7.51. The van der Waals surface area contributed by atoms with Crippen molar-refractivity contribution >= 4 is 17.7 Å². The molecule has 0 spiro atoms. The molecule has 0 saturated carbocycles. The molecule has 3 atom stereocenters. The molecule has 0 N–H and O–H groups in total. The number of likely N-dealkylation sites (tertiary alicyclic amines) is 2. The molecular weight excluding hydrogens is 425 g/mol. The van der Waals surface area contributed by atoms with Crippen molar-refractivity contribution in [3.8, 4) is 5.69 Å². The van der Waals surface area contributed by atoms with Crippen molar-refractivity contribution in [3.63, 3.8) is 0 Å². The van der Waals surface area contributed by atoms with Crippen LogP contribution in [0.4, 0.5) is 4.39 Å². The molecule has 2 aliphatic heterocycles. The number of aromatic nitrogens is 3. The highest BCUT2D eigenvalue weighted by Crippen LogP contribution is 2.29. The predicted molar refractivity (Wildman–Crippen MR) is 125 cm³/mol. The fraction of sp³-hybridized carbons (Fsp3) is 0.625. The van der Waals surface area contributed by atoms with E-state index in [9.17, 15) is 9.18 Å². The van der Waals surface area contributed by atoms with Crippen LogP contribution in [-0.4, -0.2) is 61.9 Å². The smallest absolute Gasteiger partial charge is 0.235 e. The van der Waals surface area contributed by atoms with E-state index in [2.05, 4.69) is 28.9 Å². The molecule has 2 fully saturated rings. The Morgan fingerprint density at radius 1 is 1.09 bits per heavy atom. The zero-order valence-corrected chi connectivity index (χ0v) is 20.2. The van der Waals surface area contributed by atoms with Gasteiger partial charge in [0.15, 0.2) is 11.0 Å². The van der Waals surface area contributed by atoms with E-state index in [-0.39, 0.29) is 17.0 Å². The molecule has 0 unspecified atom stereocenters. The maximum Gasteiger partial charge on any atom is 0.235 e. The number of hydrogen-bond donors (Lipinski definition) is 0. The van der Waals surface area contributed by atoms with E-state index in [0.717, 1.165) is 37.7 Å². The van der Waals surface area contributed by atoms with Gasteiger partial charge in [0, 0.05) is 18.8 Å². The third kappa shape index (κ3) is 5.52. The molecule has 32 heavy (non-hydrogen) atoms. The van der Waals surface area contributed by atoms with Gasteiger partial charge in [0.2, 0.25) is 5.91 Å². The molecule has 0 bridgehead atoms. The number of carbonyl (C=O) groups excluding carboxylic acids is 1. The molecule has 1 amide bonds. The third-order valence-corrected chi connectivity index (χ3v) is 7.44. The van der Waals surface area contributed by atoms with Crippen molar-refractivity contribution < 1.29 is 9.18 Å². The van der Waals surface area contributed by atoms with Crippen LogP contribution in [0.25, 0.3) is 5.69 Å². The Labute approximate surface area is 194 Å². The molecule has 0 radical (unpaired) electrons. The van der Waals surface area contributed by atoms with Gasteiger partial charge in [-0.15, -0.1) is 10.2 Å². The average molecular weight is 460 g/mol. The Balaban J connectivity index is 1.55. The highest BCUT2D eigenvalue weighted by molar-refractivity contribution is 8.00. The van der Waals surface area contributed by atoms with Crippen LogP contribution >= 0.6 is 11.8 Å². The van der Waals surface area contributed by atoms with Gasteiger partial charge in [0.05, 0.1) is 11.8 Å². The lowest BCUT2D eigenvalue weighted by Gasteiger charge is -2.36. The summed E-state index contributed by atoms with van der Waals surface area (Å²) >= 11 is 1.44. The molecule has 3 heterocycles. The largest absolute Gasteiger partial charge is 0.341 e. The number of rotatable bonds is 6. The fourth-order valence-corrected chi connectivity index (χ4v) is 5.92. The summed E-state index contributed by atoms with van der Waals surface area (Å²) in [6.45, 7) is 10.8. The van der Waals surface area contributed by atoms with Crippen LogP contribution in [0, 0.1) is 17.7 Å². The number of thioether (sulfide) groups is 1. The molecule has 2 aromatic rings. The molecule has 8 heteroatoms. The van der Waals surface area contributed by atoms with E-state index < -0.39 is 0 Å². The lowest BCUT2D eigenvalue weighted by molar-refractivity contribution is -0.132. The molecule has 2 saturated heterocycles. The van der Waals surface area contributed by atoms with Crippen molar-refractivity contribution in [2.75, 3.05) is 26.2 Å². The first-order valence-electron chi connectivity index (χ1n) is 11.8. The molecule has 2 aliphatic rings. The Hall–Kier alpha value is -1.93. The van der Waals surface area contributed by atoms with E-state index in [1.165, 1.54) is 49.6 Å². The summed E-state index contributed by atoms with van der Waals surface area (Å²) in [5.41, 5.74) is 0.825. The number of carbonyl (C=O) groups is 1. The van der Waals surface area contributed by atoms with Crippen molar-refractivity contribution in [1.29, 1.82) is 0 Å². The first-order chi connectivity index (χ1) is 15.4. The van der Waals surface area contributed by atoms with Gasteiger partial charge in [-0.25, -0.2) is 4.39 Å². The standard InChI is InChI=1S/C24H34FN5OS/c1-17-13-18(2)15-29(14-17)23(31)19(3)32-24-27-26-22(16-28-11-5-4-6-12-28)30(24)21-9-7-20(25)8-10-21/h7-10,17-19H,4-6,11-16H2,1-3H3/t17-,18-,19+/m1/s1. The fourth-order valence-electron chi connectivity index (χ4n) is 4.95. The van der Waals surface area contributed by atoms with Crippen molar-refractivity contribution in [1.82, 2.24) is 24.6 Å². The molecule has 0 aliphatic carbocycles. The lowest BCUT2D eigenvalue weighted by atomic mass is 9.92. The van der Waals surface area contributed by atoms with Gasteiger partial charge in [0.25, 0.3) is 0 Å². The van der Waals surface area contributed by atoms with Crippen LogP contribution in [0.5, 0.6) is 0 Å². The summed E-state index contributed by atoms with van der Waals surface area (Å²) in [5.74, 6) is 1.77. The van der Waals surface area contributed by atoms with Crippen LogP contribution in [0.1, 0.15) is 52.3 Å². The SMILES string of the molecule is C[C@@H]1C[C@@H](C)CN(C(=O)[C@H](C)Sc2nnc(CN3CCCCC3)n2-c2ccc(F)cc2)C1. The van der Waals surface area contributed by atoms with E-state index >= 15 is 0 Å². The second-order valence-corrected chi connectivity index (χ2v) is 10.8. The summed E-state index contributed by atoms with van der Waals surface area (Å²) < 4.78 is 15.6. The topological polar surface area (TPSA) is 54.3 Å². The summed E-state index contributed by atoms with van der Waals surface area (Å²) in [7, 11) is 0. The van der Waals surface area contributed by atoms with Gasteiger partial charge in [-0.2, -0.15) is 0 Å². The van der Waals surface area contributed by atoms with Gasteiger partial charge in [-0.1, -0.05) is 32.0 Å². The van der Waals surface area contributed by atoms with E-state index in [0.29, 0.717) is 23.5 Å². The second kappa shape index (κ2) is 10.3. The van der Waals surface area contributed by atoms with Crippen molar-refractivity contribution in [3.05, 3.63) is 35.9 Å². The Morgan fingerprint density at radius 3 is 2.41 bits per heavy atom. The number of nitrogens with zero attached hydrogens (tertiary/aromatic N) is 5. The molecule has 1 aromatic carbocycles. The number of amides is 1. The zero-order valence-electron chi connectivity index (χ0n) is 19.3. The van der Waals surface area contributed by atoms with Crippen LogP contribution < -0.4 is 0 Å². The number of halogens is 1. The van der Waals surface area contributed by atoms with E-state index in [4.69, 9.17) is 0 Å². The number of benzene rings is 1. The molecule has 174 valence electrons. The van der Waals surface area contributed by atoms with E-state index in [1.807, 2.05) is 16.4 Å². The van der Waals surface area contributed by atoms with Crippen LogP contribution in [0.2, 0.25) is 0 Å². The monoisotopic (exact) mass is 459 g/mol. The summed E-state index contributed by atoms with van der Waals surface area (Å²) in [5, 5.41) is 9.37. The van der Waals surface area contributed by atoms with Gasteiger partial charge in [-0.3, -0.25) is 14.3 Å². The zero-order chi connectivity index (χ0) is 22.7. The molecule has 1 aromatic heterocycles. The average Bonchev–Trinajstić information content (AvgIpc) is 3.15. The summed E-state index contributed by atoms with van der Waals surface area (Å²) in [4.78, 5) is 17.6. The molecule has 4 rings (SSSR count). The van der Waals surface area contributed by atoms with Crippen molar-refractivity contribution in [2.24, 2.45) is 11.8 Å². The molecular formula is C24H34FN5OS. The minimum Gasteiger partial charge on any atom is -0.341 e. The normalized spacial score (nSPS) is 23.3. The molecule has 6 nitrogen and oxygen atoms in total. The Morgan fingerprint density at radius 2 is 1.75 bits per heavy atom. The van der Waals surface area contributed by atoms with Gasteiger partial charge >= 0.3 is 0 Å². The highest BCUT2D eigenvalue weighted by Gasteiger charge is 2.30. The summed E-state index contributed by atoms with van der Waals surface area (Å²) in [6, 6.07) is 6.42. The lowest BCUT2D eigenvalue weighted by Crippen LogP contribution is -2.45. The minimum absolute atomic E-state index is 0.152. The Bertz CT molecular complexity index is 902. The van der Waals surface area contributed by atoms with Gasteiger partial charge < -0.3 is 4.90 Å². The van der Waals surface area contributed by atoms with Crippen LogP contribution in [-0.2, 0) is 11.3 Å². The van der Waals surface area contributed by atoms with Crippen molar-refractivity contribution in [2.45, 2.75) is 63.4 Å². The van der Waals surface area contributed by atoms with Crippen LogP contribution in [0.15, 0.2) is 29.4 Å². The second-order valence-electron chi connectivity index (χ2n) is 9.50. The maximum atomic E-state index is 13.6. The highest BCUT2D eigenvalue weighted by atomic mass is 32.2. The predicted octanol–water partition coefficient (Wildman–Crippen LogP) is 4.38.